The molecule has 0 aliphatic rings. The summed E-state index contributed by atoms with van der Waals surface area (Å²) >= 11 is 0. The molecule has 3 N–H and O–H groups in total. The number of pyridine rings is 1. The van der Waals surface area contributed by atoms with Crippen LogP contribution in [0.2, 0.25) is 0 Å². The van der Waals surface area contributed by atoms with E-state index < -0.39 is 0 Å². The molecule has 0 saturated carbocycles. The first kappa shape index (κ1) is 16.9. The molecule has 6 heteroatoms. The molecule has 128 valence electrons. The Kier molecular flexibility index (Phi) is 5.20. The van der Waals surface area contributed by atoms with Gasteiger partial charge in [0.25, 0.3) is 5.56 Å². The summed E-state index contributed by atoms with van der Waals surface area (Å²) in [5, 5.41) is 12.8. The van der Waals surface area contributed by atoms with Crippen molar-refractivity contribution in [3.63, 3.8) is 0 Å². The third kappa shape index (κ3) is 4.10. The molecule has 1 aromatic carbocycles. The number of aryl methyl sites for hydroxylation is 1. The number of nitrogens with zero attached hydrogens (tertiary/aromatic N) is 2. The molecule has 2 heterocycles. The van der Waals surface area contributed by atoms with Crippen molar-refractivity contribution in [2.45, 2.75) is 19.4 Å². The number of rotatable bonds is 6. The summed E-state index contributed by atoms with van der Waals surface area (Å²) in [5.41, 5.74) is 2.29. The number of hydrogen-bond acceptors (Lipinski definition) is 5. The van der Waals surface area contributed by atoms with Gasteiger partial charge in [0.15, 0.2) is 0 Å². The second kappa shape index (κ2) is 7.72. The molecule has 2 aromatic heterocycles. The van der Waals surface area contributed by atoms with E-state index in [1.165, 1.54) is 6.07 Å². The SMILES string of the molecule is CCc1cc(=O)[nH]c(-c2ccc(NC(CO)c3ccccc3)nc2)n1. The fourth-order valence-electron chi connectivity index (χ4n) is 2.54. The van der Waals surface area contributed by atoms with E-state index in [-0.39, 0.29) is 18.2 Å². The number of aliphatic hydroxyl groups excluding tert-OH is 1. The Bertz CT molecular complexity index is 876. The van der Waals surface area contributed by atoms with E-state index >= 15 is 0 Å². The fraction of sp³-hybridized carbons (Fsp3) is 0.211. The largest absolute Gasteiger partial charge is 0.394 e. The molecular weight excluding hydrogens is 316 g/mol. The summed E-state index contributed by atoms with van der Waals surface area (Å²) in [6, 6.07) is 14.6. The normalized spacial score (nSPS) is 11.9. The lowest BCUT2D eigenvalue weighted by atomic mass is 10.1. The third-order valence-electron chi connectivity index (χ3n) is 3.90. The van der Waals surface area contributed by atoms with Crippen LogP contribution in [-0.2, 0) is 6.42 Å². The number of aromatic amines is 1. The van der Waals surface area contributed by atoms with Gasteiger partial charge in [-0.2, -0.15) is 0 Å². The van der Waals surface area contributed by atoms with E-state index in [1.807, 2.05) is 43.3 Å². The van der Waals surface area contributed by atoms with Crippen LogP contribution in [0.25, 0.3) is 11.4 Å². The highest BCUT2D eigenvalue weighted by Crippen LogP contribution is 2.20. The van der Waals surface area contributed by atoms with Crippen LogP contribution in [0.4, 0.5) is 5.82 Å². The number of aliphatic hydroxyl groups is 1. The van der Waals surface area contributed by atoms with Crippen LogP contribution >= 0.6 is 0 Å². The van der Waals surface area contributed by atoms with Crippen molar-refractivity contribution in [1.82, 2.24) is 15.0 Å². The van der Waals surface area contributed by atoms with Gasteiger partial charge in [0.05, 0.1) is 12.6 Å². The average Bonchev–Trinajstić information content (AvgIpc) is 2.66. The molecule has 1 unspecified atom stereocenters. The van der Waals surface area contributed by atoms with Gasteiger partial charge in [0.1, 0.15) is 11.6 Å². The molecule has 0 spiro atoms. The van der Waals surface area contributed by atoms with Gasteiger partial charge < -0.3 is 15.4 Å². The zero-order valence-electron chi connectivity index (χ0n) is 13.9. The first-order chi connectivity index (χ1) is 12.2. The van der Waals surface area contributed by atoms with Crippen molar-refractivity contribution in [3.8, 4) is 11.4 Å². The lowest BCUT2D eigenvalue weighted by Crippen LogP contribution is -2.15. The van der Waals surface area contributed by atoms with Gasteiger partial charge in [-0.15, -0.1) is 0 Å². The summed E-state index contributed by atoms with van der Waals surface area (Å²) in [5.74, 6) is 1.14. The molecular formula is C19H20N4O2. The highest BCUT2D eigenvalue weighted by molar-refractivity contribution is 5.56. The Hall–Kier alpha value is -2.99. The van der Waals surface area contributed by atoms with E-state index in [2.05, 4.69) is 20.3 Å². The second-order valence-electron chi connectivity index (χ2n) is 5.66. The van der Waals surface area contributed by atoms with Gasteiger partial charge in [-0.05, 0) is 24.1 Å². The van der Waals surface area contributed by atoms with Crippen molar-refractivity contribution in [2.24, 2.45) is 0 Å². The number of H-pyrrole nitrogens is 1. The summed E-state index contributed by atoms with van der Waals surface area (Å²) in [6.45, 7) is 1.91. The molecule has 1 atom stereocenters. The molecule has 3 aromatic rings. The Labute approximate surface area is 145 Å². The van der Waals surface area contributed by atoms with Crippen LogP contribution in [0.3, 0.4) is 0 Å². The topological polar surface area (TPSA) is 90.9 Å². The molecule has 25 heavy (non-hydrogen) atoms. The molecule has 6 nitrogen and oxygen atoms in total. The van der Waals surface area contributed by atoms with Crippen molar-refractivity contribution in [1.29, 1.82) is 0 Å². The first-order valence-electron chi connectivity index (χ1n) is 8.18. The lowest BCUT2D eigenvalue weighted by Gasteiger charge is -2.17. The molecule has 0 aliphatic heterocycles. The minimum atomic E-state index is -0.235. The molecule has 0 aliphatic carbocycles. The van der Waals surface area contributed by atoms with Gasteiger partial charge in [-0.1, -0.05) is 37.3 Å². The number of nitrogens with one attached hydrogen (secondary N) is 2. The molecule has 0 saturated heterocycles. The minimum Gasteiger partial charge on any atom is -0.394 e. The molecule has 3 rings (SSSR count). The average molecular weight is 336 g/mol. The lowest BCUT2D eigenvalue weighted by molar-refractivity contribution is 0.276. The van der Waals surface area contributed by atoms with E-state index in [0.717, 1.165) is 16.8 Å². The predicted molar refractivity (Wildman–Crippen MR) is 97.4 cm³/mol. The standard InChI is InChI=1S/C19H20N4O2/c1-2-15-10-18(25)23-19(21-15)14-8-9-17(20-11-14)22-16(12-24)13-6-4-3-5-7-13/h3-11,16,24H,2,12H2,1H3,(H,20,22)(H,21,23,25). The van der Waals surface area contributed by atoms with Crippen LogP contribution in [0, 0.1) is 0 Å². The molecule has 0 fully saturated rings. The van der Waals surface area contributed by atoms with Gasteiger partial charge >= 0.3 is 0 Å². The Morgan fingerprint density at radius 3 is 2.64 bits per heavy atom. The van der Waals surface area contributed by atoms with Gasteiger partial charge in [-0.25, -0.2) is 9.97 Å². The second-order valence-corrected chi connectivity index (χ2v) is 5.66. The molecule has 0 bridgehead atoms. The summed E-state index contributed by atoms with van der Waals surface area (Å²) in [7, 11) is 0. The Balaban J connectivity index is 1.80. The maximum Gasteiger partial charge on any atom is 0.251 e. The zero-order valence-corrected chi connectivity index (χ0v) is 13.9. The smallest absolute Gasteiger partial charge is 0.251 e. The van der Waals surface area contributed by atoms with Gasteiger partial charge in [-0.3, -0.25) is 4.79 Å². The molecule has 0 amide bonds. The number of anilines is 1. The van der Waals surface area contributed by atoms with Crippen molar-refractivity contribution in [2.75, 3.05) is 11.9 Å². The number of benzene rings is 1. The van der Waals surface area contributed by atoms with Gasteiger partial charge in [0.2, 0.25) is 0 Å². The third-order valence-corrected chi connectivity index (χ3v) is 3.90. The summed E-state index contributed by atoms with van der Waals surface area (Å²) in [4.78, 5) is 23.2. The van der Waals surface area contributed by atoms with Crippen molar-refractivity contribution in [3.05, 3.63) is 76.3 Å². The van der Waals surface area contributed by atoms with Crippen molar-refractivity contribution < 1.29 is 5.11 Å². The van der Waals surface area contributed by atoms with E-state index in [4.69, 9.17) is 0 Å². The van der Waals surface area contributed by atoms with E-state index in [1.54, 1.807) is 12.3 Å². The fourth-order valence-corrected chi connectivity index (χ4v) is 2.54. The highest BCUT2D eigenvalue weighted by Gasteiger charge is 2.11. The van der Waals surface area contributed by atoms with Gasteiger partial charge in [0, 0.05) is 23.5 Å². The quantitative estimate of drug-likeness (QED) is 0.643. The zero-order chi connectivity index (χ0) is 17.6. The van der Waals surface area contributed by atoms with E-state index in [9.17, 15) is 9.90 Å². The Morgan fingerprint density at radius 2 is 2.00 bits per heavy atom. The monoisotopic (exact) mass is 336 g/mol. The number of hydrogen-bond donors (Lipinski definition) is 3. The molecule has 0 radical (unpaired) electrons. The summed E-state index contributed by atoms with van der Waals surface area (Å²) < 4.78 is 0. The predicted octanol–water partition coefficient (Wildman–Crippen LogP) is 2.54. The minimum absolute atomic E-state index is 0.0408. The van der Waals surface area contributed by atoms with Crippen LogP contribution in [-0.4, -0.2) is 26.7 Å². The van der Waals surface area contributed by atoms with Crippen LogP contribution in [0.1, 0.15) is 24.2 Å². The number of aromatic nitrogens is 3. The maximum absolute atomic E-state index is 11.7. The summed E-state index contributed by atoms with van der Waals surface area (Å²) in [6.07, 6.45) is 2.35. The first-order valence-corrected chi connectivity index (χ1v) is 8.18. The Morgan fingerprint density at radius 1 is 1.20 bits per heavy atom. The van der Waals surface area contributed by atoms with E-state index in [0.29, 0.717) is 18.1 Å². The van der Waals surface area contributed by atoms with Crippen molar-refractivity contribution >= 4 is 5.82 Å². The van der Waals surface area contributed by atoms with Crippen LogP contribution in [0.5, 0.6) is 0 Å². The van der Waals surface area contributed by atoms with Crippen LogP contribution < -0.4 is 10.9 Å². The highest BCUT2D eigenvalue weighted by atomic mass is 16.3. The maximum atomic E-state index is 11.7. The van der Waals surface area contributed by atoms with Crippen LogP contribution in [0.15, 0.2) is 59.5 Å².